The zero-order chi connectivity index (χ0) is 20.4. The van der Waals surface area contributed by atoms with Crippen molar-refractivity contribution >= 4 is 16.8 Å². The lowest BCUT2D eigenvalue weighted by molar-refractivity contribution is 0.0996. The van der Waals surface area contributed by atoms with Gasteiger partial charge in [-0.15, -0.1) is 0 Å². The number of halogens is 1. The predicted molar refractivity (Wildman–Crippen MR) is 109 cm³/mol. The van der Waals surface area contributed by atoms with Gasteiger partial charge in [-0.25, -0.2) is 9.37 Å². The molecule has 0 unspecified atom stereocenters. The zero-order valence-corrected chi connectivity index (χ0v) is 15.7. The summed E-state index contributed by atoms with van der Waals surface area (Å²) in [5, 5.41) is 0.856. The first-order valence-corrected chi connectivity index (χ1v) is 9.01. The highest BCUT2D eigenvalue weighted by atomic mass is 19.1. The number of ether oxygens (including phenoxy) is 1. The molecule has 6 heteroatoms. The Bertz CT molecular complexity index is 1210. The van der Waals surface area contributed by atoms with Crippen molar-refractivity contribution in [3.8, 4) is 16.9 Å². The molecule has 0 saturated heterocycles. The van der Waals surface area contributed by atoms with Crippen LogP contribution in [0.25, 0.3) is 22.0 Å². The van der Waals surface area contributed by atoms with Gasteiger partial charge < -0.3 is 10.5 Å². The van der Waals surface area contributed by atoms with Crippen LogP contribution in [-0.4, -0.2) is 23.0 Å². The van der Waals surface area contributed by atoms with Gasteiger partial charge >= 0.3 is 0 Å². The van der Waals surface area contributed by atoms with Crippen molar-refractivity contribution in [2.75, 3.05) is 7.11 Å². The molecule has 4 rings (SSSR count). The van der Waals surface area contributed by atoms with Crippen molar-refractivity contribution in [2.45, 2.75) is 6.42 Å². The molecule has 0 spiro atoms. The lowest BCUT2D eigenvalue weighted by Gasteiger charge is -2.11. The summed E-state index contributed by atoms with van der Waals surface area (Å²) in [6.45, 7) is 0. The van der Waals surface area contributed by atoms with Crippen molar-refractivity contribution < 1.29 is 13.9 Å². The van der Waals surface area contributed by atoms with Crippen LogP contribution in [0.2, 0.25) is 0 Å². The van der Waals surface area contributed by atoms with Crippen molar-refractivity contribution in [3.05, 3.63) is 89.6 Å². The fourth-order valence-corrected chi connectivity index (χ4v) is 3.29. The molecule has 2 aromatic carbocycles. The smallest absolute Gasteiger partial charge is 0.267 e. The molecule has 144 valence electrons. The van der Waals surface area contributed by atoms with Gasteiger partial charge in [-0.2, -0.15) is 0 Å². The number of hydrogen-bond donors (Lipinski definition) is 1. The number of aromatic nitrogens is 2. The van der Waals surface area contributed by atoms with Crippen LogP contribution in [0.1, 0.15) is 21.6 Å². The van der Waals surface area contributed by atoms with E-state index in [-0.39, 0.29) is 11.5 Å². The number of hydrogen-bond acceptors (Lipinski definition) is 4. The SMILES string of the molecule is COc1cncc(Cc2ccc3c(-c4ccc(F)cc4)cc(C(N)=O)nc3c2)c1. The van der Waals surface area contributed by atoms with Crippen LogP contribution in [0.15, 0.2) is 67.0 Å². The molecule has 0 aliphatic heterocycles. The second kappa shape index (κ2) is 7.67. The molecule has 29 heavy (non-hydrogen) atoms. The molecule has 5 nitrogen and oxygen atoms in total. The molecule has 0 aliphatic carbocycles. The fourth-order valence-electron chi connectivity index (χ4n) is 3.29. The monoisotopic (exact) mass is 387 g/mol. The minimum Gasteiger partial charge on any atom is -0.495 e. The minimum absolute atomic E-state index is 0.164. The Hall–Kier alpha value is -3.80. The van der Waals surface area contributed by atoms with Crippen molar-refractivity contribution in [1.82, 2.24) is 9.97 Å². The Balaban J connectivity index is 1.81. The van der Waals surface area contributed by atoms with E-state index >= 15 is 0 Å². The van der Waals surface area contributed by atoms with Gasteiger partial charge in [0, 0.05) is 11.6 Å². The summed E-state index contributed by atoms with van der Waals surface area (Å²) in [5.74, 6) is -0.245. The van der Waals surface area contributed by atoms with Gasteiger partial charge in [-0.3, -0.25) is 9.78 Å². The Labute approximate surface area is 167 Å². The van der Waals surface area contributed by atoms with Gasteiger partial charge in [0.15, 0.2) is 0 Å². The second-order valence-corrected chi connectivity index (χ2v) is 6.69. The number of carbonyl (C=O) groups is 1. The number of carbonyl (C=O) groups excluding carboxylic acids is 1. The molecule has 2 heterocycles. The minimum atomic E-state index is -0.613. The number of primary amides is 1. The average Bonchev–Trinajstić information content (AvgIpc) is 2.73. The van der Waals surface area contributed by atoms with E-state index in [1.165, 1.54) is 12.1 Å². The summed E-state index contributed by atoms with van der Waals surface area (Å²) < 4.78 is 18.6. The molecular weight excluding hydrogens is 369 g/mol. The van der Waals surface area contributed by atoms with Gasteiger partial charge in [-0.1, -0.05) is 24.3 Å². The van der Waals surface area contributed by atoms with E-state index in [2.05, 4.69) is 9.97 Å². The number of nitrogens with zero attached hydrogens (tertiary/aromatic N) is 2. The highest BCUT2D eigenvalue weighted by molar-refractivity contribution is 6.00. The Morgan fingerprint density at radius 2 is 1.83 bits per heavy atom. The summed E-state index contributed by atoms with van der Waals surface area (Å²) in [6, 6.07) is 15.6. The van der Waals surface area contributed by atoms with Crippen molar-refractivity contribution in [2.24, 2.45) is 5.73 Å². The molecule has 4 aromatic rings. The van der Waals surface area contributed by atoms with Crippen LogP contribution in [0.5, 0.6) is 5.75 Å². The van der Waals surface area contributed by atoms with Crippen LogP contribution >= 0.6 is 0 Å². The first-order chi connectivity index (χ1) is 14.0. The maximum Gasteiger partial charge on any atom is 0.267 e. The number of amides is 1. The third kappa shape index (κ3) is 3.91. The molecule has 1 amide bonds. The fraction of sp³-hybridized carbons (Fsp3) is 0.0870. The highest BCUT2D eigenvalue weighted by Crippen LogP contribution is 2.30. The topological polar surface area (TPSA) is 78.1 Å². The number of nitrogens with two attached hydrogens (primary N) is 1. The maximum atomic E-state index is 13.3. The molecule has 0 radical (unpaired) electrons. The normalized spacial score (nSPS) is 10.8. The van der Waals surface area contributed by atoms with Gasteiger partial charge in [0.25, 0.3) is 5.91 Å². The molecule has 0 fully saturated rings. The Morgan fingerprint density at radius 1 is 1.03 bits per heavy atom. The summed E-state index contributed by atoms with van der Waals surface area (Å²) in [7, 11) is 1.60. The van der Waals surface area contributed by atoms with Gasteiger partial charge in [0.1, 0.15) is 17.3 Å². The number of fused-ring (bicyclic) bond motifs is 1. The van der Waals surface area contributed by atoms with Crippen LogP contribution in [0, 0.1) is 5.82 Å². The van der Waals surface area contributed by atoms with Gasteiger partial charge in [-0.05, 0) is 59.0 Å². The molecule has 0 bridgehead atoms. The zero-order valence-electron chi connectivity index (χ0n) is 15.7. The number of benzene rings is 2. The number of methoxy groups -OCH3 is 1. The van der Waals surface area contributed by atoms with Crippen LogP contribution in [-0.2, 0) is 6.42 Å². The number of pyridine rings is 2. The van der Waals surface area contributed by atoms with Crippen molar-refractivity contribution in [3.63, 3.8) is 0 Å². The lowest BCUT2D eigenvalue weighted by Crippen LogP contribution is -2.13. The maximum absolute atomic E-state index is 13.3. The van der Waals surface area contributed by atoms with Crippen LogP contribution in [0.3, 0.4) is 0 Å². The Morgan fingerprint density at radius 3 is 2.55 bits per heavy atom. The standard InChI is InChI=1S/C23H18FN3O2/c1-29-18-9-15(12-26-13-18)8-14-2-7-19-20(16-3-5-17(24)6-4-16)11-22(23(25)28)27-21(19)10-14/h2-7,9-13H,8H2,1H3,(H2,25,28). The predicted octanol–water partition coefficient (Wildman–Crippen LogP) is 4.13. The van der Waals surface area contributed by atoms with Crippen LogP contribution < -0.4 is 10.5 Å². The molecular formula is C23H18FN3O2. The lowest BCUT2D eigenvalue weighted by atomic mass is 9.97. The van der Waals surface area contributed by atoms with E-state index in [0.29, 0.717) is 17.7 Å². The summed E-state index contributed by atoms with van der Waals surface area (Å²) in [4.78, 5) is 20.4. The van der Waals surface area contributed by atoms with Crippen LogP contribution in [0.4, 0.5) is 4.39 Å². The summed E-state index contributed by atoms with van der Waals surface area (Å²) in [5.41, 5.74) is 9.86. The van der Waals surface area contributed by atoms with E-state index in [9.17, 15) is 9.18 Å². The third-order valence-corrected chi connectivity index (χ3v) is 4.70. The third-order valence-electron chi connectivity index (χ3n) is 4.70. The van der Waals surface area contributed by atoms with E-state index in [1.54, 1.807) is 37.7 Å². The summed E-state index contributed by atoms with van der Waals surface area (Å²) in [6.07, 6.45) is 4.07. The second-order valence-electron chi connectivity index (χ2n) is 6.69. The van der Waals surface area contributed by atoms with Gasteiger partial charge in [0.2, 0.25) is 0 Å². The largest absolute Gasteiger partial charge is 0.495 e. The van der Waals surface area contributed by atoms with E-state index in [4.69, 9.17) is 10.5 Å². The first-order valence-electron chi connectivity index (χ1n) is 9.01. The van der Waals surface area contributed by atoms with E-state index < -0.39 is 5.91 Å². The number of rotatable bonds is 5. The molecule has 0 atom stereocenters. The molecule has 0 aliphatic rings. The van der Waals surface area contributed by atoms with Gasteiger partial charge in [0.05, 0.1) is 18.8 Å². The molecule has 0 saturated carbocycles. The van der Waals surface area contributed by atoms with E-state index in [1.807, 2.05) is 24.3 Å². The van der Waals surface area contributed by atoms with E-state index in [0.717, 1.165) is 27.6 Å². The van der Waals surface area contributed by atoms with Crippen molar-refractivity contribution in [1.29, 1.82) is 0 Å². The molecule has 2 aromatic heterocycles. The quantitative estimate of drug-likeness (QED) is 0.558. The highest BCUT2D eigenvalue weighted by Gasteiger charge is 2.12. The Kier molecular flexibility index (Phi) is 4.91. The molecule has 2 N–H and O–H groups in total. The average molecular weight is 387 g/mol. The summed E-state index contributed by atoms with van der Waals surface area (Å²) >= 11 is 0. The first kappa shape index (κ1) is 18.6.